The molecule has 0 aliphatic carbocycles. The average Bonchev–Trinajstić information content (AvgIpc) is 3.09. The summed E-state index contributed by atoms with van der Waals surface area (Å²) in [6, 6.07) is 15.9. The molecule has 1 aliphatic rings. The molecule has 0 saturated carbocycles. The summed E-state index contributed by atoms with van der Waals surface area (Å²) in [5, 5.41) is 2.98. The number of amides is 1. The molecule has 6 nitrogen and oxygen atoms in total. The fourth-order valence-electron chi connectivity index (χ4n) is 3.90. The van der Waals surface area contributed by atoms with Gasteiger partial charge < -0.3 is 14.6 Å². The largest absolute Gasteiger partial charge is 0.497 e. The van der Waals surface area contributed by atoms with Crippen LogP contribution in [0.15, 0.2) is 54.7 Å². The number of methoxy groups -OCH3 is 1. The Kier molecular flexibility index (Phi) is 5.62. The Morgan fingerprint density at radius 1 is 1.21 bits per heavy atom. The highest BCUT2D eigenvalue weighted by Crippen LogP contribution is 2.24. The zero-order chi connectivity index (χ0) is 20.2. The summed E-state index contributed by atoms with van der Waals surface area (Å²) >= 11 is 0. The molecule has 1 N–H and O–H groups in total. The summed E-state index contributed by atoms with van der Waals surface area (Å²) in [4.78, 5) is 19.4. The Bertz CT molecular complexity index is 997. The fraction of sp³-hybridized carbons (Fsp3) is 0.304. The number of benzene rings is 1. The van der Waals surface area contributed by atoms with Crippen LogP contribution in [0.1, 0.15) is 33.0 Å². The lowest BCUT2D eigenvalue weighted by Gasteiger charge is -2.27. The van der Waals surface area contributed by atoms with E-state index in [0.717, 1.165) is 37.5 Å². The van der Waals surface area contributed by atoms with Crippen LogP contribution in [0.25, 0.3) is 0 Å². The van der Waals surface area contributed by atoms with E-state index in [2.05, 4.69) is 27.3 Å². The van der Waals surface area contributed by atoms with Gasteiger partial charge in [0.2, 0.25) is 0 Å². The molecule has 3 heterocycles. The number of aromatic nitrogens is 2. The van der Waals surface area contributed by atoms with Crippen molar-refractivity contribution in [1.29, 1.82) is 0 Å². The minimum Gasteiger partial charge on any atom is -0.497 e. The SMILES string of the molecule is COc1cccc(CN2CCc3c(cc(C(=O)NCc4ccccn4)n3C)C2)c1. The molecule has 0 atom stereocenters. The van der Waals surface area contributed by atoms with Crippen molar-refractivity contribution in [2.24, 2.45) is 7.05 Å². The van der Waals surface area contributed by atoms with Crippen molar-refractivity contribution in [1.82, 2.24) is 19.8 Å². The molecule has 0 radical (unpaired) electrons. The standard InChI is InChI=1S/C23H26N4O2/c1-26-21-9-11-27(15-17-6-5-8-20(12-17)29-2)16-18(21)13-22(26)23(28)25-14-19-7-3-4-10-24-19/h3-8,10,12-13H,9,11,14-16H2,1-2H3,(H,25,28). The molecule has 4 rings (SSSR count). The van der Waals surface area contributed by atoms with Crippen LogP contribution >= 0.6 is 0 Å². The first-order valence-corrected chi connectivity index (χ1v) is 9.85. The number of nitrogens with zero attached hydrogens (tertiary/aromatic N) is 3. The van der Waals surface area contributed by atoms with Gasteiger partial charge in [-0.15, -0.1) is 0 Å². The van der Waals surface area contributed by atoms with Gasteiger partial charge in [-0.1, -0.05) is 18.2 Å². The monoisotopic (exact) mass is 390 g/mol. The van der Waals surface area contributed by atoms with E-state index in [-0.39, 0.29) is 5.91 Å². The zero-order valence-corrected chi connectivity index (χ0v) is 16.9. The number of hydrogen-bond acceptors (Lipinski definition) is 4. The van der Waals surface area contributed by atoms with Crippen molar-refractivity contribution in [3.8, 4) is 5.75 Å². The number of rotatable bonds is 6. The summed E-state index contributed by atoms with van der Waals surface area (Å²) in [5.41, 5.74) is 5.26. The molecule has 0 spiro atoms. The third kappa shape index (κ3) is 4.32. The van der Waals surface area contributed by atoms with Crippen LogP contribution in [0.5, 0.6) is 5.75 Å². The lowest BCUT2D eigenvalue weighted by Crippen LogP contribution is -2.30. The van der Waals surface area contributed by atoms with E-state index in [4.69, 9.17) is 4.74 Å². The molecular formula is C23H26N4O2. The molecule has 0 bridgehead atoms. The van der Waals surface area contributed by atoms with Gasteiger partial charge in [-0.2, -0.15) is 0 Å². The van der Waals surface area contributed by atoms with Crippen LogP contribution in [-0.4, -0.2) is 34.0 Å². The molecule has 0 unspecified atom stereocenters. The van der Waals surface area contributed by atoms with E-state index in [1.807, 2.05) is 48.0 Å². The minimum absolute atomic E-state index is 0.0631. The molecule has 2 aromatic heterocycles. The smallest absolute Gasteiger partial charge is 0.268 e. The van der Waals surface area contributed by atoms with Crippen LogP contribution in [-0.2, 0) is 33.1 Å². The predicted molar refractivity (Wildman–Crippen MR) is 112 cm³/mol. The minimum atomic E-state index is -0.0631. The fourth-order valence-corrected chi connectivity index (χ4v) is 3.90. The molecule has 3 aromatic rings. The Hall–Kier alpha value is -3.12. The highest BCUT2D eigenvalue weighted by Gasteiger charge is 2.23. The van der Waals surface area contributed by atoms with Gasteiger partial charge in [-0.25, -0.2) is 0 Å². The van der Waals surface area contributed by atoms with Gasteiger partial charge in [0.15, 0.2) is 0 Å². The average molecular weight is 390 g/mol. The van der Waals surface area contributed by atoms with Crippen molar-refractivity contribution in [2.45, 2.75) is 26.1 Å². The van der Waals surface area contributed by atoms with Gasteiger partial charge >= 0.3 is 0 Å². The highest BCUT2D eigenvalue weighted by molar-refractivity contribution is 5.93. The number of hydrogen-bond donors (Lipinski definition) is 1. The van der Waals surface area contributed by atoms with E-state index < -0.39 is 0 Å². The Morgan fingerprint density at radius 3 is 2.90 bits per heavy atom. The lowest BCUT2D eigenvalue weighted by atomic mass is 10.1. The summed E-state index contributed by atoms with van der Waals surface area (Å²) in [6.07, 6.45) is 2.67. The number of ether oxygens (including phenoxy) is 1. The van der Waals surface area contributed by atoms with E-state index >= 15 is 0 Å². The molecule has 150 valence electrons. The van der Waals surface area contributed by atoms with Crippen molar-refractivity contribution >= 4 is 5.91 Å². The first-order valence-electron chi connectivity index (χ1n) is 9.85. The van der Waals surface area contributed by atoms with Gasteiger partial charge in [-0.05, 0) is 41.5 Å². The van der Waals surface area contributed by atoms with Crippen molar-refractivity contribution in [3.05, 3.63) is 82.9 Å². The van der Waals surface area contributed by atoms with Crippen molar-refractivity contribution < 1.29 is 9.53 Å². The molecule has 6 heteroatoms. The maximum Gasteiger partial charge on any atom is 0.268 e. The first kappa shape index (κ1) is 19.2. The summed E-state index contributed by atoms with van der Waals surface area (Å²) < 4.78 is 7.36. The summed E-state index contributed by atoms with van der Waals surface area (Å²) in [6.45, 7) is 3.11. The number of carbonyl (C=O) groups excluding carboxylic acids is 1. The normalized spacial score (nSPS) is 13.7. The number of carbonyl (C=O) groups is 1. The highest BCUT2D eigenvalue weighted by atomic mass is 16.5. The molecule has 1 aromatic carbocycles. The van der Waals surface area contributed by atoms with Crippen LogP contribution in [0.4, 0.5) is 0 Å². The topological polar surface area (TPSA) is 59.4 Å². The van der Waals surface area contributed by atoms with Crippen LogP contribution in [0, 0.1) is 0 Å². The second-order valence-corrected chi connectivity index (χ2v) is 7.38. The van der Waals surface area contributed by atoms with Gasteiger partial charge in [0, 0.05) is 45.0 Å². The van der Waals surface area contributed by atoms with Gasteiger partial charge in [0.25, 0.3) is 5.91 Å². The Labute approximate surface area is 171 Å². The molecule has 29 heavy (non-hydrogen) atoms. The van der Waals surface area contributed by atoms with E-state index in [1.54, 1.807) is 13.3 Å². The maximum absolute atomic E-state index is 12.7. The molecule has 1 amide bonds. The molecule has 0 fully saturated rings. The molecule has 1 aliphatic heterocycles. The number of pyridine rings is 1. The van der Waals surface area contributed by atoms with Crippen molar-refractivity contribution in [3.63, 3.8) is 0 Å². The number of fused-ring (bicyclic) bond motifs is 1. The number of nitrogens with one attached hydrogen (secondary N) is 1. The van der Waals surface area contributed by atoms with E-state index in [9.17, 15) is 4.79 Å². The predicted octanol–water partition coefficient (Wildman–Crippen LogP) is 2.92. The van der Waals surface area contributed by atoms with Gasteiger partial charge in [0.05, 0.1) is 19.3 Å². The van der Waals surface area contributed by atoms with Crippen LogP contribution in [0.3, 0.4) is 0 Å². The lowest BCUT2D eigenvalue weighted by molar-refractivity contribution is 0.0942. The second-order valence-electron chi connectivity index (χ2n) is 7.38. The quantitative estimate of drug-likeness (QED) is 0.703. The Balaban J connectivity index is 1.43. The van der Waals surface area contributed by atoms with Gasteiger partial charge in [-0.3, -0.25) is 14.7 Å². The summed E-state index contributed by atoms with van der Waals surface area (Å²) in [5.74, 6) is 0.818. The van der Waals surface area contributed by atoms with E-state index in [0.29, 0.717) is 12.2 Å². The van der Waals surface area contributed by atoms with Crippen LogP contribution < -0.4 is 10.1 Å². The maximum atomic E-state index is 12.7. The van der Waals surface area contributed by atoms with E-state index in [1.165, 1.54) is 16.8 Å². The molecule has 0 saturated heterocycles. The second kappa shape index (κ2) is 8.49. The Morgan fingerprint density at radius 2 is 2.10 bits per heavy atom. The summed E-state index contributed by atoms with van der Waals surface area (Å²) in [7, 11) is 3.67. The van der Waals surface area contributed by atoms with Gasteiger partial charge in [0.1, 0.15) is 11.4 Å². The molecular weight excluding hydrogens is 364 g/mol. The zero-order valence-electron chi connectivity index (χ0n) is 16.9. The van der Waals surface area contributed by atoms with Crippen molar-refractivity contribution in [2.75, 3.05) is 13.7 Å². The van der Waals surface area contributed by atoms with Crippen LogP contribution in [0.2, 0.25) is 0 Å². The first-order chi connectivity index (χ1) is 14.1. The third-order valence-corrected chi connectivity index (χ3v) is 5.44. The third-order valence-electron chi connectivity index (χ3n) is 5.44.